The van der Waals surface area contributed by atoms with E-state index in [0.717, 1.165) is 37.3 Å². The van der Waals surface area contributed by atoms with Crippen LogP contribution in [-0.2, 0) is 11.2 Å². The Morgan fingerprint density at radius 2 is 1.88 bits per heavy atom. The van der Waals surface area contributed by atoms with Crippen LogP contribution in [0.3, 0.4) is 0 Å². The van der Waals surface area contributed by atoms with E-state index in [-0.39, 0.29) is 11.8 Å². The van der Waals surface area contributed by atoms with Crippen molar-refractivity contribution in [1.82, 2.24) is 10.9 Å². The highest BCUT2D eigenvalue weighted by Crippen LogP contribution is 2.29. The number of hydrogen-bond acceptors (Lipinski definition) is 4. The second kappa shape index (κ2) is 7.28. The summed E-state index contributed by atoms with van der Waals surface area (Å²) in [7, 11) is 0. The number of nitriles is 1. The van der Waals surface area contributed by atoms with Gasteiger partial charge in [0.1, 0.15) is 0 Å². The average Bonchev–Trinajstić information content (AvgIpc) is 3.33. The smallest absolute Gasteiger partial charge is 0.230 e. The molecular weight excluding hydrogens is 324 g/mol. The number of benzene rings is 2. The molecule has 0 aromatic heterocycles. The molecule has 5 heteroatoms. The van der Waals surface area contributed by atoms with Gasteiger partial charge in [-0.25, -0.2) is 0 Å². The molecule has 0 spiro atoms. The first-order valence-electron chi connectivity index (χ1n) is 9.10. The highest BCUT2D eigenvalue weighted by atomic mass is 16.2. The number of hydrogen-bond donors (Lipinski definition) is 2. The minimum Gasteiger partial charge on any atom is -0.312 e. The molecule has 2 aliphatic rings. The molecule has 26 heavy (non-hydrogen) atoms. The average molecular weight is 346 g/mol. The van der Waals surface area contributed by atoms with Crippen LogP contribution in [0.15, 0.2) is 48.5 Å². The Labute approximate surface area is 153 Å². The fourth-order valence-corrected chi connectivity index (χ4v) is 3.86. The van der Waals surface area contributed by atoms with Gasteiger partial charge in [-0.1, -0.05) is 24.3 Å². The highest BCUT2D eigenvalue weighted by Gasteiger charge is 2.32. The quantitative estimate of drug-likeness (QED) is 0.892. The van der Waals surface area contributed by atoms with Crippen molar-refractivity contribution in [3.63, 3.8) is 0 Å². The molecule has 0 aliphatic carbocycles. The van der Waals surface area contributed by atoms with Crippen LogP contribution in [0.5, 0.6) is 0 Å². The molecule has 0 radical (unpaired) electrons. The molecule has 2 aromatic carbocycles. The largest absolute Gasteiger partial charge is 0.312 e. The molecule has 2 fully saturated rings. The number of hydrazine groups is 1. The van der Waals surface area contributed by atoms with Crippen LogP contribution in [0.25, 0.3) is 0 Å². The molecular formula is C21H22N4O. The number of amides is 1. The van der Waals surface area contributed by atoms with E-state index in [1.807, 2.05) is 23.1 Å². The molecule has 1 unspecified atom stereocenters. The van der Waals surface area contributed by atoms with Gasteiger partial charge in [-0.05, 0) is 48.2 Å². The standard InChI is InChI=1S/C21H22N4O/c22-12-16-3-1-2-15(10-16)11-18-8-9-25(21(18)26)20-6-4-17(5-7-20)19-13-23-24-14-19/h1-7,10,18-19,23-24H,8-9,11,13-14H2. The Morgan fingerprint density at radius 1 is 1.12 bits per heavy atom. The summed E-state index contributed by atoms with van der Waals surface area (Å²) in [6.07, 6.45) is 1.55. The van der Waals surface area contributed by atoms with Crippen molar-refractivity contribution in [2.75, 3.05) is 24.5 Å². The first-order valence-corrected chi connectivity index (χ1v) is 9.10. The molecule has 0 saturated carbocycles. The maximum absolute atomic E-state index is 12.8. The van der Waals surface area contributed by atoms with Gasteiger partial charge in [0.15, 0.2) is 0 Å². The predicted octanol–water partition coefficient (Wildman–Crippen LogP) is 2.35. The fourth-order valence-electron chi connectivity index (χ4n) is 3.86. The number of nitrogens with zero attached hydrogens (tertiary/aromatic N) is 2. The monoisotopic (exact) mass is 346 g/mol. The third-order valence-corrected chi connectivity index (χ3v) is 5.35. The molecule has 2 saturated heterocycles. The van der Waals surface area contributed by atoms with Crippen molar-refractivity contribution in [1.29, 1.82) is 5.26 Å². The van der Waals surface area contributed by atoms with Gasteiger partial charge in [-0.3, -0.25) is 15.6 Å². The third kappa shape index (κ3) is 3.34. The Hall–Kier alpha value is -2.68. The van der Waals surface area contributed by atoms with Gasteiger partial charge in [-0.2, -0.15) is 5.26 Å². The topological polar surface area (TPSA) is 68.2 Å². The van der Waals surface area contributed by atoms with Crippen LogP contribution in [0, 0.1) is 17.2 Å². The highest BCUT2D eigenvalue weighted by molar-refractivity contribution is 5.97. The van der Waals surface area contributed by atoms with Crippen LogP contribution in [-0.4, -0.2) is 25.5 Å². The zero-order valence-electron chi connectivity index (χ0n) is 14.6. The zero-order chi connectivity index (χ0) is 17.9. The lowest BCUT2D eigenvalue weighted by molar-refractivity contribution is -0.120. The summed E-state index contributed by atoms with van der Waals surface area (Å²) in [5, 5.41) is 9.03. The van der Waals surface area contributed by atoms with E-state index in [9.17, 15) is 4.79 Å². The molecule has 2 N–H and O–H groups in total. The van der Waals surface area contributed by atoms with Gasteiger partial charge in [0.2, 0.25) is 5.91 Å². The number of carbonyl (C=O) groups is 1. The molecule has 132 valence electrons. The lowest BCUT2D eigenvalue weighted by Gasteiger charge is -2.18. The first kappa shape index (κ1) is 16.8. The Morgan fingerprint density at radius 3 is 2.62 bits per heavy atom. The van der Waals surface area contributed by atoms with Gasteiger partial charge >= 0.3 is 0 Å². The van der Waals surface area contributed by atoms with E-state index in [2.05, 4.69) is 41.2 Å². The predicted molar refractivity (Wildman–Crippen MR) is 101 cm³/mol. The van der Waals surface area contributed by atoms with Crippen molar-refractivity contribution >= 4 is 11.6 Å². The second-order valence-electron chi connectivity index (χ2n) is 7.04. The van der Waals surface area contributed by atoms with Gasteiger partial charge in [0.25, 0.3) is 0 Å². The van der Waals surface area contributed by atoms with Crippen molar-refractivity contribution in [3.05, 3.63) is 65.2 Å². The maximum atomic E-state index is 12.8. The van der Waals surface area contributed by atoms with Crippen LogP contribution >= 0.6 is 0 Å². The summed E-state index contributed by atoms with van der Waals surface area (Å²) in [5.74, 6) is 0.662. The maximum Gasteiger partial charge on any atom is 0.230 e. The summed E-state index contributed by atoms with van der Waals surface area (Å²) in [6.45, 7) is 2.63. The summed E-state index contributed by atoms with van der Waals surface area (Å²) < 4.78 is 0. The SMILES string of the molecule is N#Cc1cccc(CC2CCN(c3ccc(C4CNNC4)cc3)C2=O)c1. The molecule has 2 heterocycles. The molecule has 1 amide bonds. The van der Waals surface area contributed by atoms with Crippen LogP contribution in [0.2, 0.25) is 0 Å². The lowest BCUT2D eigenvalue weighted by atomic mass is 9.97. The number of rotatable bonds is 4. The normalized spacial score (nSPS) is 20.5. The van der Waals surface area contributed by atoms with Crippen LogP contribution < -0.4 is 15.8 Å². The molecule has 1 atom stereocenters. The molecule has 2 aromatic rings. The van der Waals surface area contributed by atoms with E-state index < -0.39 is 0 Å². The van der Waals surface area contributed by atoms with E-state index in [1.165, 1.54) is 5.56 Å². The summed E-state index contributed by atoms with van der Waals surface area (Å²) in [4.78, 5) is 14.7. The number of carbonyl (C=O) groups excluding carboxylic acids is 1. The van der Waals surface area contributed by atoms with Crippen LogP contribution in [0.4, 0.5) is 5.69 Å². The van der Waals surface area contributed by atoms with Crippen molar-refractivity contribution < 1.29 is 4.79 Å². The van der Waals surface area contributed by atoms with E-state index >= 15 is 0 Å². The summed E-state index contributed by atoms with van der Waals surface area (Å²) in [5.41, 5.74) is 10.3. The minimum absolute atomic E-state index is 0.00754. The Kier molecular flexibility index (Phi) is 4.70. The second-order valence-corrected chi connectivity index (χ2v) is 7.04. The molecule has 5 nitrogen and oxygen atoms in total. The van der Waals surface area contributed by atoms with Gasteiger partial charge in [0.05, 0.1) is 11.6 Å². The van der Waals surface area contributed by atoms with Gasteiger partial charge in [0, 0.05) is 37.2 Å². The van der Waals surface area contributed by atoms with Crippen molar-refractivity contribution in [3.8, 4) is 6.07 Å². The first-order chi connectivity index (χ1) is 12.7. The van der Waals surface area contributed by atoms with Gasteiger partial charge in [-0.15, -0.1) is 0 Å². The lowest BCUT2D eigenvalue weighted by Crippen LogP contribution is -2.27. The third-order valence-electron chi connectivity index (χ3n) is 5.35. The summed E-state index contributed by atoms with van der Waals surface area (Å²) in [6, 6.07) is 18.1. The molecule has 2 aliphatic heterocycles. The fraction of sp³-hybridized carbons (Fsp3) is 0.333. The zero-order valence-corrected chi connectivity index (χ0v) is 14.6. The van der Waals surface area contributed by atoms with Gasteiger partial charge < -0.3 is 4.90 Å². The van der Waals surface area contributed by atoms with E-state index in [0.29, 0.717) is 17.9 Å². The number of anilines is 1. The van der Waals surface area contributed by atoms with E-state index in [1.54, 1.807) is 6.07 Å². The van der Waals surface area contributed by atoms with Crippen molar-refractivity contribution in [2.45, 2.75) is 18.8 Å². The van der Waals surface area contributed by atoms with Crippen molar-refractivity contribution in [2.24, 2.45) is 5.92 Å². The Balaban J connectivity index is 1.44. The molecule has 4 rings (SSSR count). The van der Waals surface area contributed by atoms with Crippen LogP contribution in [0.1, 0.15) is 29.0 Å². The Bertz CT molecular complexity index is 834. The van der Waals surface area contributed by atoms with E-state index in [4.69, 9.17) is 5.26 Å². The minimum atomic E-state index is -0.00754. The summed E-state index contributed by atoms with van der Waals surface area (Å²) >= 11 is 0. The number of nitrogens with one attached hydrogen (secondary N) is 2. The molecule has 0 bridgehead atoms.